The molecular weight excluding hydrogens is 230 g/mol. The number of nitro groups is 1. The first-order valence-electron chi connectivity index (χ1n) is 4.69. The maximum Gasteiger partial charge on any atom is 0.323 e. The molecule has 1 aromatic rings. The first-order valence-corrected chi connectivity index (χ1v) is 5.57. The first kappa shape index (κ1) is 12.7. The molecule has 0 aromatic carbocycles. The molecule has 1 atom stereocenters. The molecule has 0 saturated heterocycles. The van der Waals surface area contributed by atoms with Crippen LogP contribution in [0.25, 0.3) is 0 Å². The molecule has 16 heavy (non-hydrogen) atoms. The predicted molar refractivity (Wildman–Crippen MR) is 60.6 cm³/mol. The highest BCUT2D eigenvalue weighted by Gasteiger charge is 2.26. The molecule has 1 heterocycles. The van der Waals surface area contributed by atoms with Gasteiger partial charge in [0.2, 0.25) is 0 Å². The van der Waals surface area contributed by atoms with Crippen molar-refractivity contribution in [2.24, 2.45) is 7.05 Å². The lowest BCUT2D eigenvalue weighted by Gasteiger charge is -2.06. The van der Waals surface area contributed by atoms with Gasteiger partial charge in [-0.1, -0.05) is 11.8 Å². The van der Waals surface area contributed by atoms with Crippen molar-refractivity contribution in [3.8, 4) is 0 Å². The number of Topliss-reactive ketones (excluding diaryl/α,β-unsaturated/α-hetero) is 1. The Morgan fingerprint density at radius 1 is 1.62 bits per heavy atom. The SMILES string of the molecule is CC(=O)[C@@H](C)Sc1c([N+](=O)[O-])c(C)nn1C. The van der Waals surface area contributed by atoms with Gasteiger partial charge in [-0.2, -0.15) is 5.10 Å². The molecule has 88 valence electrons. The van der Waals surface area contributed by atoms with Crippen LogP contribution in [-0.2, 0) is 11.8 Å². The summed E-state index contributed by atoms with van der Waals surface area (Å²) in [5.74, 6) is -0.0156. The fraction of sp³-hybridized carbons (Fsp3) is 0.556. The van der Waals surface area contributed by atoms with E-state index in [0.717, 1.165) is 11.8 Å². The summed E-state index contributed by atoms with van der Waals surface area (Å²) in [4.78, 5) is 21.5. The summed E-state index contributed by atoms with van der Waals surface area (Å²) in [6.45, 7) is 4.77. The van der Waals surface area contributed by atoms with Gasteiger partial charge in [-0.05, 0) is 20.8 Å². The number of aromatic nitrogens is 2. The van der Waals surface area contributed by atoms with Gasteiger partial charge in [0.15, 0.2) is 5.03 Å². The summed E-state index contributed by atoms with van der Waals surface area (Å²) in [5, 5.41) is 15.0. The molecule has 0 saturated carbocycles. The Hall–Kier alpha value is -1.37. The summed E-state index contributed by atoms with van der Waals surface area (Å²) < 4.78 is 1.44. The highest BCUT2D eigenvalue weighted by molar-refractivity contribution is 8.00. The first-order chi connectivity index (χ1) is 7.34. The van der Waals surface area contributed by atoms with Gasteiger partial charge in [0.05, 0.1) is 10.2 Å². The minimum Gasteiger partial charge on any atom is -0.299 e. The van der Waals surface area contributed by atoms with Crippen molar-refractivity contribution in [2.45, 2.75) is 31.0 Å². The third-order valence-electron chi connectivity index (χ3n) is 2.18. The van der Waals surface area contributed by atoms with E-state index >= 15 is 0 Å². The number of nitrogens with zero attached hydrogens (tertiary/aromatic N) is 3. The number of rotatable bonds is 4. The van der Waals surface area contributed by atoms with Crippen LogP contribution in [0, 0.1) is 17.0 Å². The van der Waals surface area contributed by atoms with Gasteiger partial charge in [-0.25, -0.2) is 0 Å². The van der Waals surface area contributed by atoms with E-state index in [0.29, 0.717) is 10.7 Å². The molecule has 0 N–H and O–H groups in total. The second-order valence-corrected chi connectivity index (χ2v) is 4.82. The van der Waals surface area contributed by atoms with Crippen molar-refractivity contribution in [3.05, 3.63) is 15.8 Å². The van der Waals surface area contributed by atoms with E-state index in [1.54, 1.807) is 20.9 Å². The molecule has 0 fully saturated rings. The van der Waals surface area contributed by atoms with Crippen LogP contribution in [0.2, 0.25) is 0 Å². The summed E-state index contributed by atoms with van der Waals surface area (Å²) in [7, 11) is 1.63. The Morgan fingerprint density at radius 3 is 2.62 bits per heavy atom. The van der Waals surface area contributed by atoms with Gasteiger partial charge in [0, 0.05) is 7.05 Å². The van der Waals surface area contributed by atoms with Crippen LogP contribution in [0.4, 0.5) is 5.69 Å². The monoisotopic (exact) mass is 243 g/mol. The van der Waals surface area contributed by atoms with Crippen LogP contribution in [0.1, 0.15) is 19.5 Å². The normalized spacial score (nSPS) is 12.5. The van der Waals surface area contributed by atoms with E-state index in [9.17, 15) is 14.9 Å². The van der Waals surface area contributed by atoms with Gasteiger partial charge < -0.3 is 0 Å². The van der Waals surface area contributed by atoms with Crippen LogP contribution >= 0.6 is 11.8 Å². The molecule has 1 rings (SSSR count). The lowest BCUT2D eigenvalue weighted by Crippen LogP contribution is -2.09. The minimum absolute atomic E-state index is 0.0133. The van der Waals surface area contributed by atoms with Crippen LogP contribution in [0.5, 0.6) is 0 Å². The Morgan fingerprint density at radius 2 is 2.19 bits per heavy atom. The number of hydrogen-bond donors (Lipinski definition) is 0. The second-order valence-electron chi connectivity index (χ2n) is 3.49. The number of carbonyl (C=O) groups excluding carboxylic acids is 1. The number of carbonyl (C=O) groups is 1. The molecule has 0 bridgehead atoms. The van der Waals surface area contributed by atoms with Gasteiger partial charge >= 0.3 is 5.69 Å². The van der Waals surface area contributed by atoms with Gasteiger partial charge in [0.25, 0.3) is 0 Å². The van der Waals surface area contributed by atoms with E-state index in [-0.39, 0.29) is 16.7 Å². The van der Waals surface area contributed by atoms with Crippen molar-refractivity contribution in [2.75, 3.05) is 0 Å². The highest BCUT2D eigenvalue weighted by atomic mass is 32.2. The van der Waals surface area contributed by atoms with Crippen molar-refractivity contribution < 1.29 is 9.72 Å². The maximum atomic E-state index is 11.1. The summed E-state index contributed by atoms with van der Waals surface area (Å²) >= 11 is 1.16. The van der Waals surface area contributed by atoms with Crippen LogP contribution in [0.3, 0.4) is 0 Å². The van der Waals surface area contributed by atoms with E-state index in [1.165, 1.54) is 11.6 Å². The molecule has 0 aliphatic heterocycles. The van der Waals surface area contributed by atoms with Crippen LogP contribution < -0.4 is 0 Å². The molecule has 0 aliphatic carbocycles. The third-order valence-corrected chi connectivity index (χ3v) is 3.55. The van der Waals surface area contributed by atoms with Crippen molar-refractivity contribution in [1.29, 1.82) is 0 Å². The zero-order chi connectivity index (χ0) is 12.5. The second kappa shape index (κ2) is 4.65. The molecule has 0 radical (unpaired) electrons. The summed E-state index contributed by atoms with van der Waals surface area (Å²) in [6.07, 6.45) is 0. The molecule has 7 heteroatoms. The number of hydrogen-bond acceptors (Lipinski definition) is 5. The summed E-state index contributed by atoms with van der Waals surface area (Å²) in [6, 6.07) is 0. The largest absolute Gasteiger partial charge is 0.323 e. The molecule has 0 spiro atoms. The van der Waals surface area contributed by atoms with Crippen molar-refractivity contribution in [1.82, 2.24) is 9.78 Å². The fourth-order valence-corrected chi connectivity index (χ4v) is 2.25. The Balaban J connectivity index is 3.12. The van der Waals surface area contributed by atoms with E-state index in [1.807, 2.05) is 0 Å². The fourth-order valence-electron chi connectivity index (χ4n) is 1.22. The highest BCUT2D eigenvalue weighted by Crippen LogP contribution is 2.34. The standard InChI is InChI=1S/C9H13N3O3S/c1-5-8(12(14)15)9(11(4)10-5)16-7(3)6(2)13/h7H,1-4H3/t7-/m1/s1. The quantitative estimate of drug-likeness (QED) is 0.457. The average Bonchev–Trinajstić information content (AvgIpc) is 2.41. The molecule has 1 aromatic heterocycles. The Bertz CT molecular complexity index is 441. The van der Waals surface area contributed by atoms with E-state index in [2.05, 4.69) is 5.10 Å². The van der Waals surface area contributed by atoms with Gasteiger partial charge in [-0.3, -0.25) is 19.6 Å². The average molecular weight is 243 g/mol. The molecule has 0 unspecified atom stereocenters. The zero-order valence-corrected chi connectivity index (χ0v) is 10.4. The minimum atomic E-state index is -0.461. The number of ketones is 1. The Labute approximate surface area is 97.2 Å². The van der Waals surface area contributed by atoms with Crippen LogP contribution in [-0.4, -0.2) is 25.7 Å². The van der Waals surface area contributed by atoms with Gasteiger partial charge in [-0.15, -0.1) is 0 Å². The number of thioether (sulfide) groups is 1. The topological polar surface area (TPSA) is 78.0 Å². The molecule has 0 amide bonds. The Kier molecular flexibility index (Phi) is 3.69. The van der Waals surface area contributed by atoms with Crippen molar-refractivity contribution >= 4 is 23.2 Å². The molecule has 6 nitrogen and oxygen atoms in total. The smallest absolute Gasteiger partial charge is 0.299 e. The lowest BCUT2D eigenvalue weighted by atomic mass is 10.3. The molecular formula is C9H13N3O3S. The third kappa shape index (κ3) is 2.41. The van der Waals surface area contributed by atoms with E-state index < -0.39 is 4.92 Å². The predicted octanol–water partition coefficient (Wildman–Crippen LogP) is 1.71. The van der Waals surface area contributed by atoms with Gasteiger partial charge in [0.1, 0.15) is 11.5 Å². The van der Waals surface area contributed by atoms with Crippen molar-refractivity contribution in [3.63, 3.8) is 0 Å². The number of aryl methyl sites for hydroxylation is 2. The zero-order valence-electron chi connectivity index (χ0n) is 9.55. The summed E-state index contributed by atoms with van der Waals surface area (Å²) in [5.41, 5.74) is 0.353. The lowest BCUT2D eigenvalue weighted by molar-refractivity contribution is -0.388. The molecule has 0 aliphatic rings. The van der Waals surface area contributed by atoms with E-state index in [4.69, 9.17) is 0 Å². The van der Waals surface area contributed by atoms with Crippen LogP contribution in [0.15, 0.2) is 5.03 Å². The maximum absolute atomic E-state index is 11.1.